The minimum absolute atomic E-state index is 0.143. The van der Waals surface area contributed by atoms with Crippen LogP contribution in [0.2, 0.25) is 0 Å². The van der Waals surface area contributed by atoms with Crippen LogP contribution in [0.4, 0.5) is 0 Å². The Morgan fingerprint density at radius 1 is 1.38 bits per heavy atom. The summed E-state index contributed by atoms with van der Waals surface area (Å²) in [6.45, 7) is 4.03. The summed E-state index contributed by atoms with van der Waals surface area (Å²) in [5, 5.41) is 8.76. The van der Waals surface area contributed by atoms with Gasteiger partial charge >= 0.3 is 5.97 Å². The van der Waals surface area contributed by atoms with Gasteiger partial charge in [0.05, 0.1) is 5.92 Å². The number of carbonyl (C=O) groups is 1. The molecule has 0 aromatic rings. The van der Waals surface area contributed by atoms with Crippen LogP contribution in [0.3, 0.4) is 0 Å². The lowest BCUT2D eigenvalue weighted by Crippen LogP contribution is -2.11. The van der Waals surface area contributed by atoms with Crippen LogP contribution in [0.5, 0.6) is 0 Å². The molecular formula is C11H20O2. The van der Waals surface area contributed by atoms with Crippen LogP contribution < -0.4 is 0 Å². The minimum atomic E-state index is -0.651. The lowest BCUT2D eigenvalue weighted by atomic mass is 9.99. The molecule has 0 aromatic heterocycles. The Bertz CT molecular complexity index is 161. The zero-order valence-corrected chi connectivity index (χ0v) is 8.62. The van der Waals surface area contributed by atoms with Crippen molar-refractivity contribution in [2.45, 2.75) is 46.0 Å². The van der Waals surface area contributed by atoms with E-state index in [2.05, 4.69) is 19.1 Å². The van der Waals surface area contributed by atoms with Gasteiger partial charge in [0.25, 0.3) is 0 Å². The predicted octanol–water partition coefficient (Wildman–Crippen LogP) is 3.23. The van der Waals surface area contributed by atoms with E-state index in [1.165, 1.54) is 0 Å². The van der Waals surface area contributed by atoms with E-state index < -0.39 is 5.97 Å². The van der Waals surface area contributed by atoms with E-state index in [4.69, 9.17) is 5.11 Å². The molecule has 0 radical (unpaired) electrons. The van der Waals surface area contributed by atoms with Crippen LogP contribution in [0.25, 0.3) is 0 Å². The minimum Gasteiger partial charge on any atom is -0.481 e. The van der Waals surface area contributed by atoms with Gasteiger partial charge in [-0.1, -0.05) is 26.0 Å². The molecule has 0 aliphatic heterocycles. The van der Waals surface area contributed by atoms with E-state index in [0.29, 0.717) is 0 Å². The third kappa shape index (κ3) is 6.38. The third-order valence-electron chi connectivity index (χ3n) is 2.17. The van der Waals surface area contributed by atoms with Crippen molar-refractivity contribution >= 4 is 5.97 Å². The van der Waals surface area contributed by atoms with Crippen molar-refractivity contribution in [3.8, 4) is 0 Å². The maximum absolute atomic E-state index is 10.6. The van der Waals surface area contributed by atoms with Crippen molar-refractivity contribution in [1.82, 2.24) is 0 Å². The zero-order valence-electron chi connectivity index (χ0n) is 8.62. The van der Waals surface area contributed by atoms with Gasteiger partial charge in [0, 0.05) is 0 Å². The maximum Gasteiger partial charge on any atom is 0.306 e. The van der Waals surface area contributed by atoms with Gasteiger partial charge in [-0.25, -0.2) is 0 Å². The van der Waals surface area contributed by atoms with Crippen molar-refractivity contribution in [3.05, 3.63) is 12.2 Å². The summed E-state index contributed by atoms with van der Waals surface area (Å²) in [5.41, 5.74) is 0. The molecule has 0 saturated carbocycles. The molecule has 0 amide bonds. The van der Waals surface area contributed by atoms with Crippen LogP contribution in [-0.4, -0.2) is 11.1 Å². The van der Waals surface area contributed by atoms with Gasteiger partial charge in [0.1, 0.15) is 0 Å². The average Bonchev–Trinajstić information content (AvgIpc) is 2.10. The van der Waals surface area contributed by atoms with E-state index in [-0.39, 0.29) is 5.92 Å². The first-order valence-electron chi connectivity index (χ1n) is 5.10. The largest absolute Gasteiger partial charge is 0.481 e. The molecule has 13 heavy (non-hydrogen) atoms. The number of hydrogen-bond acceptors (Lipinski definition) is 1. The molecule has 0 aromatic carbocycles. The summed E-state index contributed by atoms with van der Waals surface area (Å²) < 4.78 is 0. The number of unbranched alkanes of at least 4 members (excludes halogenated alkanes) is 1. The van der Waals surface area contributed by atoms with Crippen LogP contribution in [0.15, 0.2) is 12.2 Å². The maximum atomic E-state index is 10.6. The lowest BCUT2D eigenvalue weighted by molar-refractivity contribution is -0.142. The Morgan fingerprint density at radius 3 is 2.54 bits per heavy atom. The molecule has 2 heteroatoms. The Hall–Kier alpha value is -0.790. The number of hydrogen-bond donors (Lipinski definition) is 1. The molecule has 76 valence electrons. The lowest BCUT2D eigenvalue weighted by Gasteiger charge is -2.07. The van der Waals surface area contributed by atoms with Gasteiger partial charge in [-0.05, 0) is 32.1 Å². The van der Waals surface area contributed by atoms with Crippen LogP contribution in [-0.2, 0) is 4.79 Å². The molecule has 0 rings (SSSR count). The Labute approximate surface area is 80.7 Å². The van der Waals surface area contributed by atoms with Crippen molar-refractivity contribution in [2.75, 3.05) is 0 Å². The second-order valence-electron chi connectivity index (χ2n) is 3.25. The molecule has 0 spiro atoms. The first kappa shape index (κ1) is 12.2. The van der Waals surface area contributed by atoms with E-state index in [0.717, 1.165) is 32.1 Å². The highest BCUT2D eigenvalue weighted by Crippen LogP contribution is 2.12. The number of allylic oxidation sites excluding steroid dienone is 2. The first-order chi connectivity index (χ1) is 6.22. The van der Waals surface area contributed by atoms with Gasteiger partial charge in [0.15, 0.2) is 0 Å². The molecule has 0 saturated heterocycles. The average molecular weight is 184 g/mol. The summed E-state index contributed by atoms with van der Waals surface area (Å²) in [5.74, 6) is -0.794. The Morgan fingerprint density at radius 2 is 2.08 bits per heavy atom. The highest BCUT2D eigenvalue weighted by atomic mass is 16.4. The van der Waals surface area contributed by atoms with Crippen LogP contribution >= 0.6 is 0 Å². The topological polar surface area (TPSA) is 37.3 Å². The quantitative estimate of drug-likeness (QED) is 0.487. The third-order valence-corrected chi connectivity index (χ3v) is 2.17. The van der Waals surface area contributed by atoms with Gasteiger partial charge in [-0.3, -0.25) is 4.79 Å². The Kier molecular flexibility index (Phi) is 7.36. The van der Waals surface area contributed by atoms with E-state index in [9.17, 15) is 4.79 Å². The number of rotatable bonds is 7. The Balaban J connectivity index is 3.49. The number of carboxylic acid groups (broad SMARTS) is 1. The second-order valence-corrected chi connectivity index (χ2v) is 3.25. The van der Waals surface area contributed by atoms with Gasteiger partial charge in [-0.15, -0.1) is 0 Å². The summed E-state index contributed by atoms with van der Waals surface area (Å²) in [6, 6.07) is 0. The van der Waals surface area contributed by atoms with Gasteiger partial charge in [0.2, 0.25) is 0 Å². The highest BCUT2D eigenvalue weighted by Gasteiger charge is 2.13. The van der Waals surface area contributed by atoms with Crippen molar-refractivity contribution < 1.29 is 9.90 Å². The van der Waals surface area contributed by atoms with Crippen molar-refractivity contribution in [3.63, 3.8) is 0 Å². The summed E-state index contributed by atoms with van der Waals surface area (Å²) in [7, 11) is 0. The smallest absolute Gasteiger partial charge is 0.306 e. The fourth-order valence-electron chi connectivity index (χ4n) is 1.27. The fraction of sp³-hybridized carbons (Fsp3) is 0.727. The van der Waals surface area contributed by atoms with Gasteiger partial charge < -0.3 is 5.11 Å². The molecule has 1 atom stereocenters. The molecular weight excluding hydrogens is 164 g/mol. The fourth-order valence-corrected chi connectivity index (χ4v) is 1.27. The molecule has 2 nitrogen and oxygen atoms in total. The second kappa shape index (κ2) is 7.84. The normalized spacial score (nSPS) is 13.4. The molecule has 0 fully saturated rings. The van der Waals surface area contributed by atoms with Gasteiger partial charge in [-0.2, -0.15) is 0 Å². The number of aliphatic carboxylic acids is 1. The highest BCUT2D eigenvalue weighted by molar-refractivity contribution is 5.69. The predicted molar refractivity (Wildman–Crippen MR) is 54.7 cm³/mol. The van der Waals surface area contributed by atoms with E-state index in [1.807, 2.05) is 6.92 Å². The zero-order chi connectivity index (χ0) is 10.1. The monoisotopic (exact) mass is 184 g/mol. The first-order valence-corrected chi connectivity index (χ1v) is 5.10. The molecule has 1 N–H and O–H groups in total. The molecule has 0 bridgehead atoms. The molecule has 1 unspecified atom stereocenters. The summed E-state index contributed by atoms with van der Waals surface area (Å²) >= 11 is 0. The molecule has 0 heterocycles. The number of carboxylic acids is 1. The standard InChI is InChI=1S/C11H20O2/c1-3-5-6-7-8-9-10(4-2)11(12)13/h5-6,10H,3-4,7-9H2,1-2H3,(H,12,13). The van der Waals surface area contributed by atoms with Crippen LogP contribution in [0, 0.1) is 5.92 Å². The van der Waals surface area contributed by atoms with Crippen molar-refractivity contribution in [1.29, 1.82) is 0 Å². The SMILES string of the molecule is CCC=CCCCC(CC)C(=O)O. The van der Waals surface area contributed by atoms with Crippen LogP contribution in [0.1, 0.15) is 46.0 Å². The summed E-state index contributed by atoms with van der Waals surface area (Å²) in [4.78, 5) is 10.6. The van der Waals surface area contributed by atoms with E-state index >= 15 is 0 Å². The van der Waals surface area contributed by atoms with Crippen molar-refractivity contribution in [2.24, 2.45) is 5.92 Å². The molecule has 0 aliphatic rings. The van der Waals surface area contributed by atoms with E-state index in [1.54, 1.807) is 0 Å². The molecule has 0 aliphatic carbocycles. The summed E-state index contributed by atoms with van der Waals surface area (Å²) in [6.07, 6.45) is 8.87.